The highest BCUT2D eigenvalue weighted by Crippen LogP contribution is 2.53. The summed E-state index contributed by atoms with van der Waals surface area (Å²) < 4.78 is 19.3. The Morgan fingerprint density at radius 2 is 2.20 bits per heavy atom. The fourth-order valence-electron chi connectivity index (χ4n) is 0.537. The van der Waals surface area contributed by atoms with Gasteiger partial charge < -0.3 is 4.89 Å². The molecule has 1 saturated heterocycles. The van der Waals surface area contributed by atoms with E-state index in [-0.39, 0.29) is 5.88 Å². The smallest absolute Gasteiger partial charge is 0.302 e. The zero-order valence-electron chi connectivity index (χ0n) is 4.74. The van der Waals surface area contributed by atoms with Crippen LogP contribution >= 0.6 is 31.0 Å². The Balaban J connectivity index is 2.61. The van der Waals surface area contributed by atoms with Crippen LogP contribution in [0.1, 0.15) is 0 Å². The topological polar surface area (TPSA) is 55.8 Å². The summed E-state index contributed by atoms with van der Waals surface area (Å²) in [7, 11) is -3.89. The fourth-order valence-corrected chi connectivity index (χ4v) is 2.42. The summed E-state index contributed by atoms with van der Waals surface area (Å²) in [6, 6.07) is 0. The van der Waals surface area contributed by atoms with Crippen molar-refractivity contribution < 1.29 is 18.5 Å². The molecule has 0 amide bonds. The first-order chi connectivity index (χ1) is 4.55. The Morgan fingerprint density at radius 1 is 1.60 bits per heavy atom. The van der Waals surface area contributed by atoms with E-state index in [1.54, 1.807) is 0 Å². The molecule has 3 unspecified atom stereocenters. The van der Waals surface area contributed by atoms with Gasteiger partial charge in [0, 0.05) is 0 Å². The monoisotopic (exact) mass is 206 g/mol. The van der Waals surface area contributed by atoms with Crippen LogP contribution in [0.2, 0.25) is 0 Å². The van der Waals surface area contributed by atoms with E-state index in [4.69, 9.17) is 28.1 Å². The van der Waals surface area contributed by atoms with E-state index in [0.717, 1.165) is 0 Å². The Kier molecular flexibility index (Phi) is 2.61. The van der Waals surface area contributed by atoms with Gasteiger partial charge in [0.2, 0.25) is 0 Å². The van der Waals surface area contributed by atoms with Gasteiger partial charge in [-0.15, -0.1) is 11.6 Å². The van der Waals surface area contributed by atoms with Gasteiger partial charge in [-0.1, -0.05) is 11.6 Å². The lowest BCUT2D eigenvalue weighted by Gasteiger charge is -2.02. The normalized spacial score (nSPS) is 47.9. The van der Waals surface area contributed by atoms with Crippen molar-refractivity contribution in [2.45, 2.75) is 11.7 Å². The Labute approximate surface area is 67.6 Å². The first-order valence-corrected chi connectivity index (χ1v) is 4.91. The van der Waals surface area contributed by atoms with Crippen LogP contribution in [0.25, 0.3) is 0 Å². The predicted molar refractivity (Wildman–Crippen MR) is 36.1 cm³/mol. The number of phosphoric ester groups is 1. The van der Waals surface area contributed by atoms with Crippen LogP contribution in [0, 0.1) is 0 Å². The van der Waals surface area contributed by atoms with Gasteiger partial charge in [0.25, 0.3) is 0 Å². The number of halogens is 2. The minimum Gasteiger partial charge on any atom is -0.302 e. The summed E-state index contributed by atoms with van der Waals surface area (Å²) in [4.78, 5) is 8.63. The van der Waals surface area contributed by atoms with Crippen molar-refractivity contribution in [2.75, 3.05) is 5.88 Å². The zero-order valence-corrected chi connectivity index (χ0v) is 7.14. The lowest BCUT2D eigenvalue weighted by atomic mass is 10.4. The summed E-state index contributed by atoms with van der Waals surface area (Å²) in [5.74, 6) is 0.0404. The predicted octanol–water partition coefficient (Wildman–Crippen LogP) is 1.31. The van der Waals surface area contributed by atoms with E-state index in [9.17, 15) is 4.57 Å². The minimum absolute atomic E-state index is 0.0404. The summed E-state index contributed by atoms with van der Waals surface area (Å²) in [6.45, 7) is 0. The zero-order chi connectivity index (χ0) is 7.78. The Hall–Kier alpha value is 0.690. The van der Waals surface area contributed by atoms with Crippen LogP contribution in [0.15, 0.2) is 0 Å². The summed E-state index contributed by atoms with van der Waals surface area (Å²) in [6.07, 6.45) is -0.695. The number of hydrogen-bond donors (Lipinski definition) is 1. The van der Waals surface area contributed by atoms with Crippen molar-refractivity contribution in [1.29, 1.82) is 0 Å². The van der Waals surface area contributed by atoms with Gasteiger partial charge in [-0.3, -0.25) is 9.05 Å². The van der Waals surface area contributed by atoms with Gasteiger partial charge in [0.05, 0.1) is 5.88 Å². The average Bonchev–Trinajstić information content (AvgIpc) is 2.05. The molecule has 7 heteroatoms. The number of phosphoric acid groups is 1. The maximum absolute atomic E-state index is 10.6. The van der Waals surface area contributed by atoms with Gasteiger partial charge in [-0.25, -0.2) is 4.57 Å². The molecular weight excluding hydrogens is 202 g/mol. The van der Waals surface area contributed by atoms with Gasteiger partial charge in [0.15, 0.2) is 5.56 Å². The largest absolute Gasteiger partial charge is 0.474 e. The molecule has 1 fully saturated rings. The van der Waals surface area contributed by atoms with Crippen LogP contribution in [0.4, 0.5) is 0 Å². The lowest BCUT2D eigenvalue weighted by Crippen LogP contribution is -2.17. The molecule has 1 heterocycles. The molecule has 0 aromatic carbocycles. The van der Waals surface area contributed by atoms with Crippen molar-refractivity contribution in [2.24, 2.45) is 0 Å². The molecule has 1 rings (SSSR count). The molecule has 60 valence electrons. The van der Waals surface area contributed by atoms with Crippen molar-refractivity contribution in [3.63, 3.8) is 0 Å². The van der Waals surface area contributed by atoms with E-state index in [0.29, 0.717) is 0 Å². The second-order valence-electron chi connectivity index (χ2n) is 1.72. The van der Waals surface area contributed by atoms with Gasteiger partial charge in [-0.2, -0.15) is 0 Å². The third-order valence-electron chi connectivity index (χ3n) is 0.947. The average molecular weight is 207 g/mol. The highest BCUT2D eigenvalue weighted by molar-refractivity contribution is 7.47. The second-order valence-corrected chi connectivity index (χ2v) is 3.82. The molecule has 1 N–H and O–H groups in total. The van der Waals surface area contributed by atoms with E-state index >= 15 is 0 Å². The first-order valence-electron chi connectivity index (χ1n) is 2.45. The molecule has 3 atom stereocenters. The molecule has 0 radical (unpaired) electrons. The molecule has 0 spiro atoms. The van der Waals surface area contributed by atoms with Crippen molar-refractivity contribution in [3.8, 4) is 0 Å². The van der Waals surface area contributed by atoms with Crippen molar-refractivity contribution in [1.82, 2.24) is 0 Å². The number of hydrogen-bond acceptors (Lipinski definition) is 3. The molecule has 10 heavy (non-hydrogen) atoms. The molecule has 0 aromatic rings. The standard InChI is InChI=1S/C3H5Cl2O4P/c4-1-2-3(5)9-10(6,7)8-2/h2-3H,1H2,(H,6,7). The first kappa shape index (κ1) is 8.78. The molecule has 0 aromatic heterocycles. The number of rotatable bonds is 1. The van der Waals surface area contributed by atoms with Crippen molar-refractivity contribution >= 4 is 31.0 Å². The third-order valence-corrected chi connectivity index (χ3v) is 2.78. The summed E-state index contributed by atoms with van der Waals surface area (Å²) in [5, 5.41) is 0. The second kappa shape index (κ2) is 2.97. The molecular formula is C3H5Cl2O4P. The van der Waals surface area contributed by atoms with E-state index in [1.807, 2.05) is 0 Å². The maximum Gasteiger partial charge on any atom is 0.474 e. The fraction of sp³-hybridized carbons (Fsp3) is 1.00. The van der Waals surface area contributed by atoms with Crippen LogP contribution in [0.3, 0.4) is 0 Å². The third kappa shape index (κ3) is 1.84. The van der Waals surface area contributed by atoms with E-state index in [1.165, 1.54) is 0 Å². The minimum atomic E-state index is -3.89. The SMILES string of the molecule is O=P1(O)OC(Cl)C(CCl)O1. The number of alkyl halides is 2. The van der Waals surface area contributed by atoms with Crippen LogP contribution in [-0.4, -0.2) is 22.4 Å². The molecule has 0 bridgehead atoms. The molecule has 1 aliphatic heterocycles. The van der Waals surface area contributed by atoms with Crippen LogP contribution < -0.4 is 0 Å². The Morgan fingerprint density at radius 3 is 2.40 bits per heavy atom. The summed E-state index contributed by atoms with van der Waals surface area (Å²) in [5.41, 5.74) is -0.923. The van der Waals surface area contributed by atoms with Gasteiger partial charge >= 0.3 is 7.82 Å². The Bertz CT molecular complexity index is 174. The van der Waals surface area contributed by atoms with E-state index < -0.39 is 19.5 Å². The highest BCUT2D eigenvalue weighted by Gasteiger charge is 2.42. The van der Waals surface area contributed by atoms with Crippen LogP contribution in [-0.2, 0) is 13.6 Å². The molecule has 1 aliphatic rings. The van der Waals surface area contributed by atoms with E-state index in [2.05, 4.69) is 9.05 Å². The highest BCUT2D eigenvalue weighted by atomic mass is 35.5. The molecule has 4 nitrogen and oxygen atoms in total. The van der Waals surface area contributed by atoms with Gasteiger partial charge in [0.1, 0.15) is 6.10 Å². The molecule has 0 aliphatic carbocycles. The summed E-state index contributed by atoms with van der Waals surface area (Å²) >= 11 is 10.7. The maximum atomic E-state index is 10.6. The quantitative estimate of drug-likeness (QED) is 0.520. The molecule has 0 saturated carbocycles. The van der Waals surface area contributed by atoms with Crippen molar-refractivity contribution in [3.05, 3.63) is 0 Å². The lowest BCUT2D eigenvalue weighted by molar-refractivity contribution is 0.226. The van der Waals surface area contributed by atoms with Crippen LogP contribution in [0.5, 0.6) is 0 Å². The van der Waals surface area contributed by atoms with Gasteiger partial charge in [-0.05, 0) is 0 Å².